The second-order valence-electron chi connectivity index (χ2n) is 7.37. The maximum absolute atomic E-state index is 12.6. The van der Waals surface area contributed by atoms with Crippen molar-refractivity contribution in [2.45, 2.75) is 52.2 Å². The van der Waals surface area contributed by atoms with E-state index in [-0.39, 0.29) is 42.2 Å². The molecule has 1 fully saturated rings. The summed E-state index contributed by atoms with van der Waals surface area (Å²) in [4.78, 5) is 14.9. The molecule has 156 valence electrons. The van der Waals surface area contributed by atoms with Crippen LogP contribution in [0.4, 0.5) is 5.69 Å². The number of carbonyl (C=O) groups excluding carboxylic acids is 1. The predicted molar refractivity (Wildman–Crippen MR) is 117 cm³/mol. The summed E-state index contributed by atoms with van der Waals surface area (Å²) < 4.78 is 5.69. The highest BCUT2D eigenvalue weighted by molar-refractivity contribution is 5.88. The number of rotatable bonds is 9. The Hall–Kier alpha value is -1.01. The fraction of sp³-hybridized carbons (Fsp3) is 0.650. The number of nitrogens with two attached hydrogens (primary N) is 1. The number of amides is 1. The molecule has 3 N–H and O–H groups in total. The summed E-state index contributed by atoms with van der Waals surface area (Å²) in [5.41, 5.74) is 6.44. The van der Waals surface area contributed by atoms with Gasteiger partial charge in [-0.1, -0.05) is 32.0 Å². The van der Waals surface area contributed by atoms with E-state index < -0.39 is 5.54 Å². The number of halogens is 2. The van der Waals surface area contributed by atoms with Crippen LogP contribution in [0.15, 0.2) is 30.3 Å². The molecule has 1 aromatic carbocycles. The average molecular weight is 420 g/mol. The van der Waals surface area contributed by atoms with Crippen LogP contribution in [0.3, 0.4) is 0 Å². The van der Waals surface area contributed by atoms with E-state index in [4.69, 9.17) is 10.5 Å². The smallest absolute Gasteiger partial charge is 0.240 e. The molecule has 5 nitrogen and oxygen atoms in total. The minimum Gasteiger partial charge on any atom is -0.378 e. The summed E-state index contributed by atoms with van der Waals surface area (Å²) in [6.07, 6.45) is 1.53. The molecule has 1 aromatic rings. The topological polar surface area (TPSA) is 67.6 Å². The van der Waals surface area contributed by atoms with Gasteiger partial charge in [0.1, 0.15) is 5.54 Å². The van der Waals surface area contributed by atoms with Crippen molar-refractivity contribution in [2.75, 3.05) is 31.1 Å². The quantitative estimate of drug-likeness (QED) is 0.601. The van der Waals surface area contributed by atoms with Crippen LogP contribution in [0.5, 0.6) is 0 Å². The molecular weight excluding hydrogens is 385 g/mol. The highest BCUT2D eigenvalue weighted by atomic mass is 35.5. The first-order chi connectivity index (χ1) is 11.9. The van der Waals surface area contributed by atoms with Crippen LogP contribution < -0.4 is 16.0 Å². The van der Waals surface area contributed by atoms with Crippen LogP contribution in [0.1, 0.15) is 40.5 Å². The lowest BCUT2D eigenvalue weighted by Gasteiger charge is -2.57. The van der Waals surface area contributed by atoms with E-state index in [9.17, 15) is 4.79 Å². The van der Waals surface area contributed by atoms with E-state index in [1.807, 2.05) is 39.0 Å². The number of para-hydroxylation sites is 1. The van der Waals surface area contributed by atoms with Gasteiger partial charge in [0, 0.05) is 43.8 Å². The minimum atomic E-state index is -0.837. The molecule has 7 heteroatoms. The van der Waals surface area contributed by atoms with E-state index in [0.29, 0.717) is 19.6 Å². The highest BCUT2D eigenvalue weighted by Gasteiger charge is 2.62. The molecule has 0 radical (unpaired) electrons. The van der Waals surface area contributed by atoms with Crippen LogP contribution in [-0.4, -0.2) is 43.8 Å². The zero-order valence-corrected chi connectivity index (χ0v) is 18.5. The Morgan fingerprint density at radius 2 is 1.89 bits per heavy atom. The van der Waals surface area contributed by atoms with Crippen molar-refractivity contribution in [1.29, 1.82) is 0 Å². The molecule has 0 aromatic heterocycles. The maximum Gasteiger partial charge on any atom is 0.240 e. The van der Waals surface area contributed by atoms with Gasteiger partial charge >= 0.3 is 0 Å². The Morgan fingerprint density at radius 3 is 2.41 bits per heavy atom. The number of hydrogen-bond donors (Lipinski definition) is 2. The van der Waals surface area contributed by atoms with Crippen molar-refractivity contribution in [2.24, 2.45) is 11.1 Å². The standard InChI is InChI=1S/C20H33N3O2.2ClH/c1-5-23(16-11-8-7-9-12-16)14-10-13-22-18(24)20(21)15-17(25-6-2)19(20,3)4;;/h7-9,11-12,17H,5-6,10,13-15,21H2,1-4H3,(H,22,24);2*1H. The normalized spacial score (nSPS) is 22.6. The van der Waals surface area contributed by atoms with Crippen molar-refractivity contribution in [1.82, 2.24) is 5.32 Å². The van der Waals surface area contributed by atoms with Gasteiger partial charge in [-0.2, -0.15) is 0 Å². The molecule has 2 unspecified atom stereocenters. The number of hydrogen-bond acceptors (Lipinski definition) is 4. The van der Waals surface area contributed by atoms with Gasteiger partial charge in [-0.05, 0) is 32.4 Å². The summed E-state index contributed by atoms with van der Waals surface area (Å²) in [6, 6.07) is 10.3. The molecule has 1 amide bonds. The van der Waals surface area contributed by atoms with Crippen LogP contribution in [0.2, 0.25) is 0 Å². The summed E-state index contributed by atoms with van der Waals surface area (Å²) in [7, 11) is 0. The van der Waals surface area contributed by atoms with Crippen LogP contribution >= 0.6 is 24.8 Å². The Labute approximate surface area is 176 Å². The van der Waals surface area contributed by atoms with Crippen molar-refractivity contribution in [3.05, 3.63) is 30.3 Å². The van der Waals surface area contributed by atoms with Crippen molar-refractivity contribution in [3.8, 4) is 0 Å². The Morgan fingerprint density at radius 1 is 1.26 bits per heavy atom. The summed E-state index contributed by atoms with van der Waals surface area (Å²) in [6.45, 7) is 11.3. The molecule has 0 aliphatic heterocycles. The lowest BCUT2D eigenvalue weighted by atomic mass is 9.54. The van der Waals surface area contributed by atoms with Gasteiger partial charge in [0.15, 0.2) is 0 Å². The monoisotopic (exact) mass is 419 g/mol. The van der Waals surface area contributed by atoms with Gasteiger partial charge in [0.2, 0.25) is 5.91 Å². The number of nitrogens with one attached hydrogen (secondary N) is 1. The third kappa shape index (κ3) is 5.50. The maximum atomic E-state index is 12.6. The fourth-order valence-electron chi connectivity index (χ4n) is 3.56. The molecule has 0 heterocycles. The molecule has 1 saturated carbocycles. The molecule has 1 aliphatic carbocycles. The summed E-state index contributed by atoms with van der Waals surface area (Å²) >= 11 is 0. The largest absolute Gasteiger partial charge is 0.378 e. The van der Waals surface area contributed by atoms with Gasteiger partial charge < -0.3 is 20.7 Å². The number of ether oxygens (including phenoxy) is 1. The highest BCUT2D eigenvalue weighted by Crippen LogP contribution is 2.49. The zero-order valence-electron chi connectivity index (χ0n) is 16.9. The Balaban J connectivity index is 0.00000338. The number of benzene rings is 1. The first-order valence-corrected chi connectivity index (χ1v) is 9.35. The molecular formula is C20H35Cl2N3O2. The van der Waals surface area contributed by atoms with Gasteiger partial charge in [0.05, 0.1) is 6.10 Å². The van der Waals surface area contributed by atoms with E-state index in [1.165, 1.54) is 5.69 Å². The minimum absolute atomic E-state index is 0. The second-order valence-corrected chi connectivity index (χ2v) is 7.37. The third-order valence-corrected chi connectivity index (χ3v) is 5.63. The number of carbonyl (C=O) groups is 1. The Bertz CT molecular complexity index is 572. The molecule has 1 aliphatic rings. The predicted octanol–water partition coefficient (Wildman–Crippen LogP) is 3.40. The van der Waals surface area contributed by atoms with Gasteiger partial charge in [-0.15, -0.1) is 24.8 Å². The first kappa shape index (κ1) is 26.0. The van der Waals surface area contributed by atoms with Gasteiger partial charge in [-0.3, -0.25) is 4.79 Å². The lowest BCUT2D eigenvalue weighted by Crippen LogP contribution is -2.75. The molecule has 0 bridgehead atoms. The molecule has 27 heavy (non-hydrogen) atoms. The second kappa shape index (κ2) is 11.1. The van der Waals surface area contributed by atoms with Crippen LogP contribution in [-0.2, 0) is 9.53 Å². The molecule has 0 spiro atoms. The Kier molecular flexibility index (Phi) is 10.7. The zero-order chi connectivity index (χ0) is 18.5. The van der Waals surface area contributed by atoms with Crippen molar-refractivity contribution < 1.29 is 9.53 Å². The van der Waals surface area contributed by atoms with Gasteiger partial charge in [0.25, 0.3) is 0 Å². The fourth-order valence-corrected chi connectivity index (χ4v) is 3.56. The van der Waals surface area contributed by atoms with E-state index >= 15 is 0 Å². The van der Waals surface area contributed by atoms with E-state index in [0.717, 1.165) is 19.5 Å². The number of nitrogens with zero attached hydrogens (tertiary/aromatic N) is 1. The SMILES string of the molecule is CCOC1CC(N)(C(=O)NCCCN(CC)c2ccccc2)C1(C)C.Cl.Cl. The van der Waals surface area contributed by atoms with Gasteiger partial charge in [-0.25, -0.2) is 0 Å². The average Bonchev–Trinajstić information content (AvgIpc) is 2.62. The summed E-state index contributed by atoms with van der Waals surface area (Å²) in [5.74, 6) is -0.0591. The molecule has 2 rings (SSSR count). The number of anilines is 1. The molecule has 0 saturated heterocycles. The van der Waals surface area contributed by atoms with Crippen LogP contribution in [0.25, 0.3) is 0 Å². The lowest BCUT2D eigenvalue weighted by molar-refractivity contribution is -0.170. The van der Waals surface area contributed by atoms with E-state index in [2.05, 4.69) is 29.3 Å². The summed E-state index contributed by atoms with van der Waals surface area (Å²) in [5, 5.41) is 3.03. The molecule has 2 atom stereocenters. The first-order valence-electron chi connectivity index (χ1n) is 9.35. The van der Waals surface area contributed by atoms with E-state index in [1.54, 1.807) is 0 Å². The van der Waals surface area contributed by atoms with Crippen molar-refractivity contribution in [3.63, 3.8) is 0 Å². The van der Waals surface area contributed by atoms with Crippen molar-refractivity contribution >= 4 is 36.4 Å². The third-order valence-electron chi connectivity index (χ3n) is 5.63. The van der Waals surface area contributed by atoms with Crippen LogP contribution in [0, 0.1) is 5.41 Å².